The predicted octanol–water partition coefficient (Wildman–Crippen LogP) is -0.780. The van der Waals surface area contributed by atoms with E-state index in [2.05, 4.69) is 15.4 Å². The number of hydrogen-bond donors (Lipinski definition) is 3. The Kier molecular flexibility index (Phi) is 5.28. The summed E-state index contributed by atoms with van der Waals surface area (Å²) in [6.45, 7) is 2.84. The number of carbonyl (C=O) groups excluding carboxylic acids is 1. The van der Waals surface area contributed by atoms with Crippen LogP contribution in [0.2, 0.25) is 0 Å². The van der Waals surface area contributed by atoms with Crippen molar-refractivity contribution in [2.45, 2.75) is 13.5 Å². The molecule has 1 amide bonds. The van der Waals surface area contributed by atoms with Gasteiger partial charge in [-0.05, 0) is 6.92 Å². The van der Waals surface area contributed by atoms with Gasteiger partial charge < -0.3 is 20.8 Å². The number of ether oxygens (including phenoxy) is 1. The third-order valence-electron chi connectivity index (χ3n) is 2.23. The highest BCUT2D eigenvalue weighted by atomic mass is 16.5. The van der Waals surface area contributed by atoms with Gasteiger partial charge in [0.25, 0.3) is 0 Å². The second-order valence-electron chi connectivity index (χ2n) is 3.59. The molecule has 0 aromatic carbocycles. The lowest BCUT2D eigenvalue weighted by atomic mass is 10.4. The van der Waals surface area contributed by atoms with Crippen LogP contribution in [0.15, 0.2) is 6.07 Å². The molecule has 1 rings (SSSR count). The number of primary amides is 1. The zero-order valence-corrected chi connectivity index (χ0v) is 10.5. The summed E-state index contributed by atoms with van der Waals surface area (Å²) in [6.07, 6.45) is 0. The first-order chi connectivity index (χ1) is 8.60. The number of amides is 1. The van der Waals surface area contributed by atoms with Gasteiger partial charge in [0.1, 0.15) is 18.2 Å². The summed E-state index contributed by atoms with van der Waals surface area (Å²) in [4.78, 5) is 21.1. The van der Waals surface area contributed by atoms with Crippen molar-refractivity contribution in [1.82, 2.24) is 9.97 Å². The number of nitrogens with two attached hydrogens (primary N) is 2. The molecule has 0 fully saturated rings. The van der Waals surface area contributed by atoms with Crippen LogP contribution in [0.3, 0.4) is 0 Å². The van der Waals surface area contributed by atoms with Crippen LogP contribution in [-0.2, 0) is 16.1 Å². The van der Waals surface area contributed by atoms with Gasteiger partial charge >= 0.3 is 0 Å². The first kappa shape index (κ1) is 14.1. The van der Waals surface area contributed by atoms with Crippen molar-refractivity contribution in [3.05, 3.63) is 11.9 Å². The lowest BCUT2D eigenvalue weighted by Gasteiger charge is -2.21. The van der Waals surface area contributed by atoms with E-state index in [9.17, 15) is 4.79 Å². The molecule has 18 heavy (non-hydrogen) atoms. The highest BCUT2D eigenvalue weighted by molar-refractivity contribution is 5.79. The van der Waals surface area contributed by atoms with E-state index in [0.29, 0.717) is 24.0 Å². The second kappa shape index (κ2) is 6.72. The number of anilines is 2. The Balaban J connectivity index is 3.04. The number of nitrogens with one attached hydrogen (secondary N) is 1. The van der Waals surface area contributed by atoms with Crippen LogP contribution < -0.4 is 21.9 Å². The molecular weight excluding hydrogens is 236 g/mol. The Morgan fingerprint density at radius 2 is 2.28 bits per heavy atom. The third kappa shape index (κ3) is 3.82. The molecule has 0 saturated heterocycles. The van der Waals surface area contributed by atoms with E-state index in [-0.39, 0.29) is 13.2 Å². The number of carbonyl (C=O) groups is 1. The van der Waals surface area contributed by atoms with E-state index in [1.54, 1.807) is 18.1 Å². The van der Waals surface area contributed by atoms with Crippen LogP contribution in [0.4, 0.5) is 11.6 Å². The van der Waals surface area contributed by atoms with Crippen LogP contribution >= 0.6 is 0 Å². The molecule has 0 spiro atoms. The Labute approximate surface area is 105 Å². The molecule has 5 N–H and O–H groups in total. The zero-order chi connectivity index (χ0) is 13.5. The predicted molar refractivity (Wildman–Crippen MR) is 67.6 cm³/mol. The Hall–Kier alpha value is -1.93. The SMILES string of the molecule is CCN(CC(N)=O)c1cc(NN)nc(COC)n1. The number of nitrogen functional groups attached to an aromatic ring is 1. The molecule has 0 aliphatic heterocycles. The van der Waals surface area contributed by atoms with Crippen molar-refractivity contribution in [2.24, 2.45) is 11.6 Å². The monoisotopic (exact) mass is 254 g/mol. The van der Waals surface area contributed by atoms with E-state index in [1.807, 2.05) is 6.92 Å². The van der Waals surface area contributed by atoms with Crippen LogP contribution in [-0.4, -0.2) is 36.1 Å². The number of hydrazine groups is 1. The smallest absolute Gasteiger partial charge is 0.236 e. The topological polar surface area (TPSA) is 119 Å². The summed E-state index contributed by atoms with van der Waals surface area (Å²) < 4.78 is 4.97. The minimum absolute atomic E-state index is 0.0872. The summed E-state index contributed by atoms with van der Waals surface area (Å²) in [5.41, 5.74) is 7.63. The van der Waals surface area contributed by atoms with E-state index < -0.39 is 5.91 Å². The maximum absolute atomic E-state index is 11.0. The van der Waals surface area contributed by atoms with Gasteiger partial charge in [-0.3, -0.25) is 4.79 Å². The number of nitrogens with zero attached hydrogens (tertiary/aromatic N) is 3. The number of rotatable bonds is 7. The molecule has 8 nitrogen and oxygen atoms in total. The Bertz CT molecular complexity index is 411. The van der Waals surface area contributed by atoms with E-state index in [1.165, 1.54) is 0 Å². The van der Waals surface area contributed by atoms with Crippen LogP contribution in [0.5, 0.6) is 0 Å². The van der Waals surface area contributed by atoms with Gasteiger partial charge in [0.15, 0.2) is 5.82 Å². The van der Waals surface area contributed by atoms with Crippen LogP contribution in [0, 0.1) is 0 Å². The molecule has 1 aromatic heterocycles. The van der Waals surface area contributed by atoms with Crippen molar-refractivity contribution in [3.63, 3.8) is 0 Å². The number of aromatic nitrogens is 2. The molecule has 0 aliphatic carbocycles. The molecule has 0 unspecified atom stereocenters. The van der Waals surface area contributed by atoms with Crippen molar-refractivity contribution in [2.75, 3.05) is 30.5 Å². The minimum Gasteiger partial charge on any atom is -0.377 e. The minimum atomic E-state index is -0.425. The summed E-state index contributed by atoms with van der Waals surface area (Å²) >= 11 is 0. The van der Waals surface area contributed by atoms with Gasteiger partial charge in [-0.15, -0.1) is 0 Å². The fourth-order valence-corrected chi connectivity index (χ4v) is 1.46. The van der Waals surface area contributed by atoms with Crippen molar-refractivity contribution in [1.29, 1.82) is 0 Å². The lowest BCUT2D eigenvalue weighted by Crippen LogP contribution is -2.34. The second-order valence-corrected chi connectivity index (χ2v) is 3.59. The van der Waals surface area contributed by atoms with Gasteiger partial charge in [-0.25, -0.2) is 15.8 Å². The summed E-state index contributed by atoms with van der Waals surface area (Å²) in [5, 5.41) is 0. The normalized spacial score (nSPS) is 10.2. The summed E-state index contributed by atoms with van der Waals surface area (Å²) in [6, 6.07) is 1.64. The third-order valence-corrected chi connectivity index (χ3v) is 2.23. The standard InChI is InChI=1S/C10H18N6O2/c1-3-16(5-7(11)17)10-4-8(15-12)13-9(14-10)6-18-2/h4H,3,5-6,12H2,1-2H3,(H2,11,17)(H,13,14,15). The Morgan fingerprint density at radius 3 is 2.78 bits per heavy atom. The highest BCUT2D eigenvalue weighted by Gasteiger charge is 2.12. The molecule has 1 heterocycles. The van der Waals surface area contributed by atoms with Gasteiger partial charge in [0.05, 0.1) is 6.54 Å². The molecular formula is C10H18N6O2. The summed E-state index contributed by atoms with van der Waals surface area (Å²) in [7, 11) is 1.55. The molecule has 0 bridgehead atoms. The largest absolute Gasteiger partial charge is 0.377 e. The average molecular weight is 254 g/mol. The number of likely N-dealkylation sites (N-methyl/N-ethyl adjacent to an activating group) is 1. The summed E-state index contributed by atoms with van der Waals surface area (Å²) in [5.74, 6) is 6.42. The molecule has 0 aliphatic rings. The molecule has 0 saturated carbocycles. The quantitative estimate of drug-likeness (QED) is 0.431. The van der Waals surface area contributed by atoms with Gasteiger partial charge in [0, 0.05) is 19.7 Å². The van der Waals surface area contributed by atoms with Gasteiger partial charge in [0.2, 0.25) is 5.91 Å². The molecule has 0 atom stereocenters. The van der Waals surface area contributed by atoms with Crippen molar-refractivity contribution in [3.8, 4) is 0 Å². The maximum atomic E-state index is 11.0. The maximum Gasteiger partial charge on any atom is 0.236 e. The fraction of sp³-hybridized carbons (Fsp3) is 0.500. The zero-order valence-electron chi connectivity index (χ0n) is 10.5. The number of methoxy groups -OCH3 is 1. The molecule has 1 aromatic rings. The van der Waals surface area contributed by atoms with Crippen LogP contribution in [0.1, 0.15) is 12.7 Å². The van der Waals surface area contributed by atoms with E-state index in [0.717, 1.165) is 0 Å². The molecule has 8 heteroatoms. The molecule has 0 radical (unpaired) electrons. The first-order valence-corrected chi connectivity index (χ1v) is 5.47. The average Bonchev–Trinajstić information content (AvgIpc) is 2.35. The lowest BCUT2D eigenvalue weighted by molar-refractivity contribution is -0.116. The van der Waals surface area contributed by atoms with Gasteiger partial charge in [-0.1, -0.05) is 0 Å². The van der Waals surface area contributed by atoms with Crippen LogP contribution in [0.25, 0.3) is 0 Å². The van der Waals surface area contributed by atoms with E-state index in [4.69, 9.17) is 16.3 Å². The highest BCUT2D eigenvalue weighted by Crippen LogP contribution is 2.15. The van der Waals surface area contributed by atoms with Gasteiger partial charge in [-0.2, -0.15) is 0 Å². The Morgan fingerprint density at radius 1 is 1.56 bits per heavy atom. The first-order valence-electron chi connectivity index (χ1n) is 5.47. The number of hydrogen-bond acceptors (Lipinski definition) is 7. The fourth-order valence-electron chi connectivity index (χ4n) is 1.46. The van der Waals surface area contributed by atoms with Crippen molar-refractivity contribution < 1.29 is 9.53 Å². The van der Waals surface area contributed by atoms with E-state index >= 15 is 0 Å². The van der Waals surface area contributed by atoms with Crippen molar-refractivity contribution >= 4 is 17.5 Å². The molecule has 100 valence electrons.